The predicted molar refractivity (Wildman–Crippen MR) is 78.7 cm³/mol. The summed E-state index contributed by atoms with van der Waals surface area (Å²) in [6.07, 6.45) is 5.95. The topological polar surface area (TPSA) is 32.3 Å². The Kier molecular flexibility index (Phi) is 6.13. The van der Waals surface area contributed by atoms with E-state index in [1.807, 2.05) is 0 Å². The van der Waals surface area contributed by atoms with E-state index in [-0.39, 0.29) is 6.10 Å². The molecule has 0 spiro atoms. The quantitative estimate of drug-likeness (QED) is 0.787. The molecule has 0 aromatic heterocycles. The van der Waals surface area contributed by atoms with Crippen molar-refractivity contribution in [3.05, 3.63) is 0 Å². The van der Waals surface area contributed by atoms with Crippen LogP contribution in [0.3, 0.4) is 0 Å². The van der Waals surface area contributed by atoms with Gasteiger partial charge in [0.15, 0.2) is 0 Å². The second kappa shape index (κ2) is 6.91. The van der Waals surface area contributed by atoms with Crippen LogP contribution in [-0.2, 0) is 0 Å². The summed E-state index contributed by atoms with van der Waals surface area (Å²) >= 11 is 0. The van der Waals surface area contributed by atoms with E-state index >= 15 is 0 Å². The minimum Gasteiger partial charge on any atom is -0.392 e. The standard InChI is InChI=1S/C16H33NO/c1-12(2)10-15(18)11-17-14-8-6-13(7-9-14)16(3,4)5/h12-15,17-18H,6-11H2,1-5H3. The molecule has 18 heavy (non-hydrogen) atoms. The zero-order chi connectivity index (χ0) is 13.8. The van der Waals surface area contributed by atoms with Gasteiger partial charge in [0.2, 0.25) is 0 Å². The molecule has 0 amide bonds. The Balaban J connectivity index is 2.20. The Bertz CT molecular complexity index is 224. The Hall–Kier alpha value is -0.0800. The van der Waals surface area contributed by atoms with Crippen molar-refractivity contribution in [2.75, 3.05) is 6.54 Å². The van der Waals surface area contributed by atoms with E-state index in [2.05, 4.69) is 39.9 Å². The lowest BCUT2D eigenvalue weighted by molar-refractivity contribution is 0.125. The molecule has 2 N–H and O–H groups in total. The van der Waals surface area contributed by atoms with Crippen LogP contribution in [-0.4, -0.2) is 23.8 Å². The SMILES string of the molecule is CC(C)CC(O)CNC1CCC(C(C)(C)C)CC1. The van der Waals surface area contributed by atoms with Crippen LogP contribution >= 0.6 is 0 Å². The number of rotatable bonds is 5. The maximum atomic E-state index is 9.87. The third-order valence-electron chi connectivity index (χ3n) is 4.34. The maximum absolute atomic E-state index is 9.87. The predicted octanol–water partition coefficient (Wildman–Crippen LogP) is 3.59. The van der Waals surface area contributed by atoms with Gasteiger partial charge in [0.1, 0.15) is 0 Å². The minimum absolute atomic E-state index is 0.176. The summed E-state index contributed by atoms with van der Waals surface area (Å²) in [6, 6.07) is 0.630. The summed E-state index contributed by atoms with van der Waals surface area (Å²) in [7, 11) is 0. The van der Waals surface area contributed by atoms with E-state index in [4.69, 9.17) is 0 Å². The summed E-state index contributed by atoms with van der Waals surface area (Å²) in [5, 5.41) is 13.4. The normalized spacial score (nSPS) is 27.5. The molecular formula is C16H33NO. The second-order valence-electron chi connectivity index (χ2n) is 7.61. The highest BCUT2D eigenvalue weighted by Gasteiger charge is 2.29. The molecule has 0 radical (unpaired) electrons. The fraction of sp³-hybridized carbons (Fsp3) is 1.00. The smallest absolute Gasteiger partial charge is 0.0667 e. The van der Waals surface area contributed by atoms with Crippen LogP contribution in [0.25, 0.3) is 0 Å². The highest BCUT2D eigenvalue weighted by molar-refractivity contribution is 4.83. The molecule has 0 aromatic carbocycles. The summed E-state index contributed by atoms with van der Waals surface area (Å²) in [5.41, 5.74) is 0.460. The van der Waals surface area contributed by atoms with Gasteiger partial charge in [-0.2, -0.15) is 0 Å². The molecule has 1 atom stereocenters. The van der Waals surface area contributed by atoms with Gasteiger partial charge < -0.3 is 10.4 Å². The molecule has 1 unspecified atom stereocenters. The lowest BCUT2D eigenvalue weighted by Gasteiger charge is -2.37. The largest absolute Gasteiger partial charge is 0.392 e. The minimum atomic E-state index is -0.176. The molecule has 108 valence electrons. The van der Waals surface area contributed by atoms with Gasteiger partial charge in [-0.15, -0.1) is 0 Å². The molecule has 1 aliphatic carbocycles. The van der Waals surface area contributed by atoms with E-state index < -0.39 is 0 Å². The van der Waals surface area contributed by atoms with E-state index in [0.717, 1.165) is 18.9 Å². The molecule has 1 aliphatic rings. The van der Waals surface area contributed by atoms with E-state index in [0.29, 0.717) is 17.4 Å². The van der Waals surface area contributed by atoms with Crippen molar-refractivity contribution in [2.45, 2.75) is 78.9 Å². The van der Waals surface area contributed by atoms with Crippen molar-refractivity contribution in [1.29, 1.82) is 0 Å². The number of aliphatic hydroxyl groups excluding tert-OH is 1. The van der Waals surface area contributed by atoms with E-state index in [1.165, 1.54) is 25.7 Å². The van der Waals surface area contributed by atoms with Crippen molar-refractivity contribution in [2.24, 2.45) is 17.3 Å². The highest BCUT2D eigenvalue weighted by atomic mass is 16.3. The molecule has 0 heterocycles. The van der Waals surface area contributed by atoms with Crippen molar-refractivity contribution in [1.82, 2.24) is 5.32 Å². The van der Waals surface area contributed by atoms with Gasteiger partial charge >= 0.3 is 0 Å². The zero-order valence-electron chi connectivity index (χ0n) is 13.0. The number of hydrogen-bond donors (Lipinski definition) is 2. The van der Waals surface area contributed by atoms with Gasteiger partial charge in [-0.25, -0.2) is 0 Å². The van der Waals surface area contributed by atoms with Gasteiger partial charge in [-0.05, 0) is 49.4 Å². The van der Waals surface area contributed by atoms with Crippen molar-refractivity contribution < 1.29 is 5.11 Å². The Labute approximate surface area is 114 Å². The van der Waals surface area contributed by atoms with Crippen molar-refractivity contribution >= 4 is 0 Å². The maximum Gasteiger partial charge on any atom is 0.0667 e. The van der Waals surface area contributed by atoms with Gasteiger partial charge in [0.05, 0.1) is 6.10 Å². The van der Waals surface area contributed by atoms with Crippen LogP contribution in [0.1, 0.15) is 66.7 Å². The molecule has 1 saturated carbocycles. The van der Waals surface area contributed by atoms with Gasteiger partial charge in [-0.3, -0.25) is 0 Å². The third kappa shape index (κ3) is 5.71. The fourth-order valence-corrected chi connectivity index (χ4v) is 3.09. The summed E-state index contributed by atoms with van der Waals surface area (Å²) < 4.78 is 0. The van der Waals surface area contributed by atoms with Crippen LogP contribution < -0.4 is 5.32 Å². The third-order valence-corrected chi connectivity index (χ3v) is 4.34. The van der Waals surface area contributed by atoms with Gasteiger partial charge in [0.25, 0.3) is 0 Å². The Morgan fingerprint density at radius 3 is 2.11 bits per heavy atom. The summed E-state index contributed by atoms with van der Waals surface area (Å²) in [4.78, 5) is 0. The number of nitrogens with one attached hydrogen (secondary N) is 1. The first-order valence-electron chi connectivity index (χ1n) is 7.70. The Morgan fingerprint density at radius 2 is 1.67 bits per heavy atom. The number of hydrogen-bond acceptors (Lipinski definition) is 2. The first kappa shape index (κ1) is 16.0. The molecule has 1 rings (SSSR count). The van der Waals surface area contributed by atoms with E-state index in [1.54, 1.807) is 0 Å². The lowest BCUT2D eigenvalue weighted by Crippen LogP contribution is -2.40. The number of aliphatic hydroxyl groups is 1. The average Bonchev–Trinajstić information content (AvgIpc) is 2.25. The van der Waals surface area contributed by atoms with Crippen LogP contribution in [0.15, 0.2) is 0 Å². The molecule has 0 bridgehead atoms. The lowest BCUT2D eigenvalue weighted by atomic mass is 9.71. The zero-order valence-corrected chi connectivity index (χ0v) is 13.0. The molecule has 2 heteroatoms. The van der Waals surface area contributed by atoms with Crippen LogP contribution in [0.5, 0.6) is 0 Å². The first-order chi connectivity index (χ1) is 8.29. The molecule has 1 fully saturated rings. The van der Waals surface area contributed by atoms with Crippen LogP contribution in [0.2, 0.25) is 0 Å². The molecule has 0 saturated heterocycles. The van der Waals surface area contributed by atoms with Gasteiger partial charge in [-0.1, -0.05) is 34.6 Å². The monoisotopic (exact) mass is 255 g/mol. The van der Waals surface area contributed by atoms with Crippen molar-refractivity contribution in [3.63, 3.8) is 0 Å². The van der Waals surface area contributed by atoms with E-state index in [9.17, 15) is 5.11 Å². The molecular weight excluding hydrogens is 222 g/mol. The molecule has 0 aliphatic heterocycles. The van der Waals surface area contributed by atoms with Crippen LogP contribution in [0, 0.1) is 17.3 Å². The van der Waals surface area contributed by atoms with Crippen LogP contribution in [0.4, 0.5) is 0 Å². The second-order valence-corrected chi connectivity index (χ2v) is 7.61. The summed E-state index contributed by atoms with van der Waals surface area (Å²) in [6.45, 7) is 12.2. The highest BCUT2D eigenvalue weighted by Crippen LogP contribution is 2.37. The Morgan fingerprint density at radius 1 is 1.11 bits per heavy atom. The van der Waals surface area contributed by atoms with Crippen molar-refractivity contribution in [3.8, 4) is 0 Å². The molecule has 2 nitrogen and oxygen atoms in total. The van der Waals surface area contributed by atoms with Gasteiger partial charge in [0, 0.05) is 12.6 Å². The summed E-state index contributed by atoms with van der Waals surface area (Å²) in [5.74, 6) is 1.45. The average molecular weight is 255 g/mol. The first-order valence-corrected chi connectivity index (χ1v) is 7.70. The fourth-order valence-electron chi connectivity index (χ4n) is 3.09. The molecule has 0 aromatic rings.